The maximum atomic E-state index is 8.16. The van der Waals surface area contributed by atoms with Gasteiger partial charge in [0.05, 0.1) is 0 Å². The van der Waals surface area contributed by atoms with E-state index in [1.807, 2.05) is 54.7 Å². The fourth-order valence-electron chi connectivity index (χ4n) is 3.23. The van der Waals surface area contributed by atoms with Gasteiger partial charge in [-0.15, -0.1) is 0 Å². The first kappa shape index (κ1) is 16.3. The Kier molecular flexibility index (Phi) is 4.70. The van der Waals surface area contributed by atoms with E-state index in [1.54, 1.807) is 0 Å². The Balaban J connectivity index is 1.89. The van der Waals surface area contributed by atoms with Crippen molar-refractivity contribution in [2.75, 3.05) is 0 Å². The first-order chi connectivity index (χ1) is 11.6. The highest BCUT2D eigenvalue weighted by Crippen LogP contribution is 2.30. The quantitative estimate of drug-likeness (QED) is 0.797. The summed E-state index contributed by atoms with van der Waals surface area (Å²) in [4.78, 5) is 4.87. The van der Waals surface area contributed by atoms with E-state index in [0.29, 0.717) is 24.3 Å². The molecule has 0 aromatic carbocycles. The lowest BCUT2D eigenvalue weighted by molar-refractivity contribution is 0.812. The molecule has 0 fully saturated rings. The van der Waals surface area contributed by atoms with Crippen LogP contribution in [0.5, 0.6) is 0 Å². The van der Waals surface area contributed by atoms with Gasteiger partial charge in [-0.2, -0.15) is 0 Å². The van der Waals surface area contributed by atoms with Crippen molar-refractivity contribution < 1.29 is 0 Å². The Labute approximate surface area is 143 Å². The summed E-state index contributed by atoms with van der Waals surface area (Å²) >= 11 is 0. The van der Waals surface area contributed by atoms with Gasteiger partial charge in [0.15, 0.2) is 0 Å². The van der Waals surface area contributed by atoms with Crippen LogP contribution in [0.1, 0.15) is 49.9 Å². The summed E-state index contributed by atoms with van der Waals surface area (Å²) in [6.45, 7) is 4.22. The van der Waals surface area contributed by atoms with Crippen LogP contribution in [0.4, 0.5) is 0 Å². The molecular weight excluding hydrogens is 294 g/mol. The van der Waals surface area contributed by atoms with Gasteiger partial charge in [0.25, 0.3) is 0 Å². The molecule has 0 spiro atoms. The summed E-state index contributed by atoms with van der Waals surface area (Å²) in [6.07, 6.45) is 13.5. The fourth-order valence-corrected chi connectivity index (χ4v) is 3.23. The number of rotatable bonds is 4. The van der Waals surface area contributed by atoms with Crippen LogP contribution in [-0.4, -0.2) is 16.4 Å². The summed E-state index contributed by atoms with van der Waals surface area (Å²) in [5.41, 5.74) is 5.41. The Morgan fingerprint density at radius 3 is 1.71 bits per heavy atom. The minimum atomic E-state index is 0.106. The normalized spacial score (nSPS) is 19.8. The molecule has 2 atom stereocenters. The maximum Gasteiger partial charge on any atom is 0.0479 e. The zero-order valence-electron chi connectivity index (χ0n) is 14.2. The third kappa shape index (κ3) is 3.21. The van der Waals surface area contributed by atoms with Crippen molar-refractivity contribution in [1.29, 1.82) is 10.8 Å². The van der Waals surface area contributed by atoms with Gasteiger partial charge in [0.2, 0.25) is 0 Å². The largest absolute Gasteiger partial charge is 0.305 e. The summed E-state index contributed by atoms with van der Waals surface area (Å²) in [6, 6.07) is 6.11. The van der Waals surface area contributed by atoms with Gasteiger partial charge < -0.3 is 10.8 Å². The number of aromatic nitrogens is 1. The minimum absolute atomic E-state index is 0.106. The molecule has 1 aromatic rings. The second-order valence-corrected chi connectivity index (χ2v) is 6.40. The van der Waals surface area contributed by atoms with E-state index < -0.39 is 0 Å². The van der Waals surface area contributed by atoms with Crippen LogP contribution >= 0.6 is 0 Å². The monoisotopic (exact) mass is 317 g/mol. The van der Waals surface area contributed by atoms with Crippen LogP contribution in [0.25, 0.3) is 0 Å². The second-order valence-electron chi connectivity index (χ2n) is 6.40. The topological polar surface area (TPSA) is 60.6 Å². The minimum Gasteiger partial charge on any atom is -0.305 e. The fraction of sp³-hybridized carbons (Fsp3) is 0.286. The van der Waals surface area contributed by atoms with Crippen molar-refractivity contribution in [1.82, 2.24) is 4.98 Å². The number of hydrogen-bond donors (Lipinski definition) is 2. The summed E-state index contributed by atoms with van der Waals surface area (Å²) < 4.78 is 0. The predicted octanol–water partition coefficient (Wildman–Crippen LogP) is 5.10. The van der Waals surface area contributed by atoms with Crippen LogP contribution in [0.15, 0.2) is 65.8 Å². The first-order valence-corrected chi connectivity index (χ1v) is 8.43. The van der Waals surface area contributed by atoms with Gasteiger partial charge in [-0.25, -0.2) is 0 Å². The first-order valence-electron chi connectivity index (χ1n) is 8.43. The molecule has 1 aromatic heterocycles. The molecule has 24 heavy (non-hydrogen) atoms. The molecule has 3 nitrogen and oxygen atoms in total. The highest BCUT2D eigenvalue weighted by molar-refractivity contribution is 6.01. The van der Waals surface area contributed by atoms with E-state index >= 15 is 0 Å². The average Bonchev–Trinajstić information content (AvgIpc) is 2.61. The van der Waals surface area contributed by atoms with E-state index in [0.717, 1.165) is 22.5 Å². The summed E-state index contributed by atoms with van der Waals surface area (Å²) in [5.74, 6) is 0.212. The third-order valence-corrected chi connectivity index (χ3v) is 4.78. The Morgan fingerprint density at radius 1 is 0.833 bits per heavy atom. The van der Waals surface area contributed by atoms with Gasteiger partial charge in [0.1, 0.15) is 0 Å². The molecule has 2 unspecified atom stereocenters. The molecule has 0 bridgehead atoms. The number of hydrogen-bond acceptors (Lipinski definition) is 3. The zero-order chi connectivity index (χ0) is 17.1. The predicted molar refractivity (Wildman–Crippen MR) is 100 cm³/mol. The second kappa shape index (κ2) is 6.91. The molecule has 2 N–H and O–H groups in total. The lowest BCUT2D eigenvalue weighted by Gasteiger charge is -2.21. The smallest absolute Gasteiger partial charge is 0.0479 e. The number of allylic oxidation sites excluding steroid dienone is 8. The van der Waals surface area contributed by atoms with E-state index in [1.165, 1.54) is 0 Å². The van der Waals surface area contributed by atoms with Crippen LogP contribution < -0.4 is 0 Å². The van der Waals surface area contributed by atoms with Crippen molar-refractivity contribution in [3.63, 3.8) is 0 Å². The van der Waals surface area contributed by atoms with Crippen LogP contribution in [0, 0.1) is 10.8 Å². The number of pyridine rings is 1. The van der Waals surface area contributed by atoms with Crippen molar-refractivity contribution in [2.45, 2.75) is 38.5 Å². The Morgan fingerprint density at radius 2 is 1.29 bits per heavy atom. The van der Waals surface area contributed by atoms with E-state index in [4.69, 9.17) is 15.8 Å². The zero-order valence-corrected chi connectivity index (χ0v) is 14.2. The molecule has 1 heterocycles. The molecule has 2 aliphatic rings. The Bertz CT molecular complexity index is 730. The Hall–Kier alpha value is -2.55. The van der Waals surface area contributed by atoms with Crippen molar-refractivity contribution >= 4 is 11.4 Å². The lowest BCUT2D eigenvalue weighted by Crippen LogP contribution is -2.14. The van der Waals surface area contributed by atoms with Crippen molar-refractivity contribution in [2.24, 2.45) is 0 Å². The van der Waals surface area contributed by atoms with Gasteiger partial charge >= 0.3 is 0 Å². The molecule has 3 rings (SSSR count). The van der Waals surface area contributed by atoms with E-state index in [9.17, 15) is 0 Å². The third-order valence-electron chi connectivity index (χ3n) is 4.78. The van der Waals surface area contributed by atoms with Gasteiger partial charge in [-0.1, -0.05) is 56.4 Å². The molecule has 0 saturated carbocycles. The standard InChI is InChI=1S/C21H23N3/c1-14(16-8-3-5-10-18(16)22)20-12-7-13-21(24-20)15(2)17-9-4-6-11-19(17)23/h3-9,12-15,22-23H,10-11H2,1-2H3. The molecular formula is C21H23N3. The SMILES string of the molecule is CC(C1=CC=CCC1=N)c1cccc(C(C)C2=CC=CCC2=N)n1. The van der Waals surface area contributed by atoms with Gasteiger partial charge in [0, 0.05) is 47.5 Å². The average molecular weight is 317 g/mol. The van der Waals surface area contributed by atoms with Gasteiger partial charge in [-0.3, -0.25) is 4.98 Å². The van der Waals surface area contributed by atoms with Crippen molar-refractivity contribution in [3.05, 3.63) is 77.2 Å². The van der Waals surface area contributed by atoms with E-state index in [-0.39, 0.29) is 11.8 Å². The summed E-state index contributed by atoms with van der Waals surface area (Å²) in [5, 5.41) is 16.3. The number of nitrogens with one attached hydrogen (secondary N) is 2. The molecule has 0 saturated heterocycles. The van der Waals surface area contributed by atoms with Gasteiger partial charge in [-0.05, 0) is 23.3 Å². The molecule has 0 amide bonds. The number of nitrogens with zero attached hydrogens (tertiary/aromatic N) is 1. The molecule has 3 heteroatoms. The van der Waals surface area contributed by atoms with Crippen molar-refractivity contribution in [3.8, 4) is 0 Å². The van der Waals surface area contributed by atoms with Crippen LogP contribution in [-0.2, 0) is 0 Å². The highest BCUT2D eigenvalue weighted by Gasteiger charge is 2.21. The summed E-state index contributed by atoms with van der Waals surface area (Å²) in [7, 11) is 0. The molecule has 2 aliphatic carbocycles. The highest BCUT2D eigenvalue weighted by atomic mass is 14.7. The van der Waals surface area contributed by atoms with Crippen LogP contribution in [0.3, 0.4) is 0 Å². The van der Waals surface area contributed by atoms with E-state index in [2.05, 4.69) is 13.8 Å². The van der Waals surface area contributed by atoms with Crippen LogP contribution in [0.2, 0.25) is 0 Å². The molecule has 0 aliphatic heterocycles. The maximum absolute atomic E-state index is 8.16. The molecule has 122 valence electrons. The molecule has 0 radical (unpaired) electrons. The lowest BCUT2D eigenvalue weighted by atomic mass is 9.87.